The van der Waals surface area contributed by atoms with Crippen molar-refractivity contribution >= 4 is 12.2 Å². The number of aliphatic hydroxyl groups excluding tert-OH is 1. The van der Waals surface area contributed by atoms with Crippen LogP contribution in [0.5, 0.6) is 0 Å². The van der Waals surface area contributed by atoms with Gasteiger partial charge in [0.05, 0.1) is 6.61 Å². The van der Waals surface area contributed by atoms with E-state index in [1.807, 2.05) is 24.5 Å². The average molecular weight is 440 g/mol. The Morgan fingerprint density at radius 3 is 2.36 bits per heavy atom. The van der Waals surface area contributed by atoms with Gasteiger partial charge < -0.3 is 5.11 Å². The van der Waals surface area contributed by atoms with Crippen molar-refractivity contribution < 1.29 is 5.11 Å². The molecule has 4 nitrogen and oxygen atoms in total. The molecular formula is C29H33N3O. The minimum Gasteiger partial charge on any atom is -0.395 e. The maximum Gasteiger partial charge on any atom is 0.0593 e. The Balaban J connectivity index is 1.31. The number of aliphatic hydroxyl groups is 1. The van der Waals surface area contributed by atoms with E-state index < -0.39 is 0 Å². The molecule has 2 saturated heterocycles. The van der Waals surface area contributed by atoms with Crippen molar-refractivity contribution in [1.82, 2.24) is 14.8 Å². The monoisotopic (exact) mass is 439 g/mol. The Morgan fingerprint density at radius 2 is 1.64 bits per heavy atom. The second kappa shape index (κ2) is 10.4. The van der Waals surface area contributed by atoms with Crippen LogP contribution in [-0.4, -0.2) is 58.2 Å². The maximum atomic E-state index is 10.2. The summed E-state index contributed by atoms with van der Waals surface area (Å²) in [5, 5.41) is 10.2. The highest BCUT2D eigenvalue weighted by atomic mass is 16.3. The molecule has 3 heterocycles. The first-order valence-corrected chi connectivity index (χ1v) is 12.1. The van der Waals surface area contributed by atoms with Crippen molar-refractivity contribution in [1.29, 1.82) is 0 Å². The molecule has 0 spiro atoms. The molecule has 1 aromatic heterocycles. The average Bonchev–Trinajstić information content (AvgIpc) is 2.85. The molecule has 3 aromatic rings. The summed E-state index contributed by atoms with van der Waals surface area (Å²) in [6.07, 6.45) is 10.5. The van der Waals surface area contributed by atoms with Crippen LogP contribution in [0, 0.1) is 0 Å². The van der Waals surface area contributed by atoms with Gasteiger partial charge in [-0.05, 0) is 54.3 Å². The number of hydrogen-bond acceptors (Lipinski definition) is 4. The largest absolute Gasteiger partial charge is 0.395 e. The Labute approximate surface area is 197 Å². The second-order valence-corrected chi connectivity index (χ2v) is 9.30. The van der Waals surface area contributed by atoms with Crippen LogP contribution in [0.1, 0.15) is 41.0 Å². The zero-order valence-electron chi connectivity index (χ0n) is 19.1. The summed E-state index contributed by atoms with van der Waals surface area (Å²) in [4.78, 5) is 9.41. The molecule has 0 amide bonds. The van der Waals surface area contributed by atoms with Crippen molar-refractivity contribution in [2.45, 2.75) is 37.4 Å². The number of pyridine rings is 1. The summed E-state index contributed by atoms with van der Waals surface area (Å²) in [5.41, 5.74) is 5.03. The summed E-state index contributed by atoms with van der Waals surface area (Å²) >= 11 is 0. The molecule has 4 heteroatoms. The fraction of sp³-hybridized carbons (Fsp3) is 0.345. The first-order valence-electron chi connectivity index (χ1n) is 12.1. The van der Waals surface area contributed by atoms with E-state index in [0.29, 0.717) is 12.0 Å². The normalized spacial score (nSPS) is 24.1. The Morgan fingerprint density at radius 1 is 0.879 bits per heavy atom. The van der Waals surface area contributed by atoms with Crippen molar-refractivity contribution in [3.8, 4) is 0 Å². The molecule has 2 aliphatic heterocycles. The molecular weight excluding hydrogens is 406 g/mol. The van der Waals surface area contributed by atoms with E-state index in [-0.39, 0.29) is 12.6 Å². The summed E-state index contributed by atoms with van der Waals surface area (Å²) in [6, 6.07) is 24.2. The summed E-state index contributed by atoms with van der Waals surface area (Å²) < 4.78 is 0. The fourth-order valence-corrected chi connectivity index (χ4v) is 5.49. The Kier molecular flexibility index (Phi) is 6.96. The smallest absolute Gasteiger partial charge is 0.0593 e. The van der Waals surface area contributed by atoms with E-state index in [9.17, 15) is 5.11 Å². The zero-order chi connectivity index (χ0) is 22.5. The van der Waals surface area contributed by atoms with Gasteiger partial charge in [0.15, 0.2) is 0 Å². The van der Waals surface area contributed by atoms with Crippen LogP contribution < -0.4 is 0 Å². The highest BCUT2D eigenvalue weighted by molar-refractivity contribution is 5.69. The first kappa shape index (κ1) is 22.0. The van der Waals surface area contributed by atoms with Gasteiger partial charge >= 0.3 is 0 Å². The predicted octanol–water partition coefficient (Wildman–Crippen LogP) is 4.68. The number of benzene rings is 2. The van der Waals surface area contributed by atoms with E-state index in [4.69, 9.17) is 0 Å². The van der Waals surface area contributed by atoms with Crippen LogP contribution >= 0.6 is 0 Å². The Bertz CT molecular complexity index is 1040. The molecule has 0 saturated carbocycles. The standard InChI is InChI=1S/C29H33N3O/c33-22-28-29(26-14-12-24(13-15-26)11-10-23-7-2-1-3-8-23)27-21-31(17-4-5-18-32(27)28)20-25-9-6-16-30-19-25/h1-3,6-16,19,27-29,33H,4-5,17-18,20-22H2/b11-10+/t27-,28+,29-/m1/s1. The molecule has 2 fully saturated rings. The lowest BCUT2D eigenvalue weighted by Crippen LogP contribution is -2.67. The van der Waals surface area contributed by atoms with Gasteiger partial charge in [-0.1, -0.05) is 72.8 Å². The molecule has 3 atom stereocenters. The Hall–Kier alpha value is -2.79. The third-order valence-electron chi connectivity index (χ3n) is 7.17. The fourth-order valence-electron chi connectivity index (χ4n) is 5.49. The second-order valence-electron chi connectivity index (χ2n) is 9.30. The van der Waals surface area contributed by atoms with Gasteiger partial charge in [0.1, 0.15) is 0 Å². The molecule has 33 heavy (non-hydrogen) atoms. The zero-order valence-corrected chi connectivity index (χ0v) is 19.1. The number of nitrogens with zero attached hydrogens (tertiary/aromatic N) is 3. The molecule has 0 aliphatic carbocycles. The number of rotatable bonds is 6. The van der Waals surface area contributed by atoms with Crippen LogP contribution in [-0.2, 0) is 6.54 Å². The highest BCUT2D eigenvalue weighted by Crippen LogP contribution is 2.42. The van der Waals surface area contributed by atoms with Gasteiger partial charge in [0.2, 0.25) is 0 Å². The van der Waals surface area contributed by atoms with E-state index in [0.717, 1.165) is 26.2 Å². The van der Waals surface area contributed by atoms with Gasteiger partial charge in [-0.25, -0.2) is 0 Å². The minimum absolute atomic E-state index is 0.221. The molecule has 2 aliphatic rings. The number of hydrogen-bond donors (Lipinski definition) is 1. The van der Waals surface area contributed by atoms with Crippen molar-refractivity contribution in [3.63, 3.8) is 0 Å². The van der Waals surface area contributed by atoms with Gasteiger partial charge in [-0.2, -0.15) is 0 Å². The molecule has 0 radical (unpaired) electrons. The summed E-state index contributed by atoms with van der Waals surface area (Å²) in [5.74, 6) is 0.372. The van der Waals surface area contributed by atoms with Crippen LogP contribution in [0.2, 0.25) is 0 Å². The van der Waals surface area contributed by atoms with Crippen molar-refractivity contribution in [3.05, 3.63) is 101 Å². The minimum atomic E-state index is 0.221. The third kappa shape index (κ3) is 5.09. The highest BCUT2D eigenvalue weighted by Gasteiger charge is 2.48. The van der Waals surface area contributed by atoms with Crippen molar-refractivity contribution in [2.24, 2.45) is 0 Å². The number of fused-ring (bicyclic) bond motifs is 1. The molecule has 1 N–H and O–H groups in total. The maximum absolute atomic E-state index is 10.2. The van der Waals surface area contributed by atoms with Gasteiger partial charge in [0.25, 0.3) is 0 Å². The SMILES string of the molecule is OC[C@H]1[C@H](c2ccc(/C=C/c3ccccc3)cc2)[C@H]2CN(Cc3cccnc3)CCCCN21. The van der Waals surface area contributed by atoms with E-state index in [1.54, 1.807) is 0 Å². The molecule has 170 valence electrons. The summed E-state index contributed by atoms with van der Waals surface area (Å²) in [6.45, 7) is 4.41. The molecule has 2 aromatic carbocycles. The quantitative estimate of drug-likeness (QED) is 0.566. The van der Waals surface area contributed by atoms with E-state index in [1.165, 1.54) is 35.1 Å². The van der Waals surface area contributed by atoms with Gasteiger partial charge in [0, 0.05) is 43.5 Å². The third-order valence-corrected chi connectivity index (χ3v) is 7.17. The van der Waals surface area contributed by atoms with Gasteiger partial charge in [-0.3, -0.25) is 14.8 Å². The molecule has 0 unspecified atom stereocenters. The summed E-state index contributed by atoms with van der Waals surface area (Å²) in [7, 11) is 0. The van der Waals surface area contributed by atoms with E-state index >= 15 is 0 Å². The number of aromatic nitrogens is 1. The molecule has 5 rings (SSSR count). The van der Waals surface area contributed by atoms with Crippen LogP contribution in [0.25, 0.3) is 12.2 Å². The lowest BCUT2D eigenvalue weighted by atomic mass is 9.74. The van der Waals surface area contributed by atoms with E-state index in [2.05, 4.69) is 81.5 Å². The topological polar surface area (TPSA) is 39.6 Å². The lowest BCUT2D eigenvalue weighted by Gasteiger charge is -2.57. The van der Waals surface area contributed by atoms with Crippen LogP contribution in [0.4, 0.5) is 0 Å². The van der Waals surface area contributed by atoms with Gasteiger partial charge in [-0.15, -0.1) is 0 Å². The lowest BCUT2D eigenvalue weighted by molar-refractivity contribution is -0.0655. The van der Waals surface area contributed by atoms with Crippen LogP contribution in [0.3, 0.4) is 0 Å². The van der Waals surface area contributed by atoms with Crippen LogP contribution in [0.15, 0.2) is 79.1 Å². The van der Waals surface area contributed by atoms with Crippen molar-refractivity contribution in [2.75, 3.05) is 26.2 Å². The molecule has 0 bridgehead atoms. The predicted molar refractivity (Wildman–Crippen MR) is 135 cm³/mol. The first-order chi connectivity index (χ1) is 16.3.